The van der Waals surface area contributed by atoms with Gasteiger partial charge in [0.05, 0.1) is 4.90 Å². The van der Waals surface area contributed by atoms with E-state index < -0.39 is 21.7 Å². The molecule has 1 heterocycles. The Morgan fingerprint density at radius 1 is 1.38 bits per heavy atom. The average molecular weight is 342 g/mol. The van der Waals surface area contributed by atoms with Crippen LogP contribution in [0.2, 0.25) is 0 Å². The lowest BCUT2D eigenvalue weighted by Gasteiger charge is -2.20. The lowest BCUT2D eigenvalue weighted by Crippen LogP contribution is -2.47. The number of rotatable bonds is 6. The highest BCUT2D eigenvalue weighted by Gasteiger charge is 2.65. The fourth-order valence-electron chi connectivity index (χ4n) is 2.01. The molecule has 1 aliphatic rings. The first kappa shape index (κ1) is 16.7. The van der Waals surface area contributed by atoms with Gasteiger partial charge in [0.2, 0.25) is 10.0 Å². The Kier molecular flexibility index (Phi) is 4.40. The molecule has 120 valence electrons. The van der Waals surface area contributed by atoms with Crippen LogP contribution in [-0.4, -0.2) is 26.7 Å². The molecule has 0 spiro atoms. The van der Waals surface area contributed by atoms with Crippen LogP contribution in [0.1, 0.15) is 29.5 Å². The molecular weight excluding hydrogens is 325 g/mol. The van der Waals surface area contributed by atoms with Crippen molar-refractivity contribution in [1.29, 1.82) is 0 Å². The monoisotopic (exact) mass is 342 g/mol. The number of nitrogens with one attached hydrogen (secondary N) is 2. The summed E-state index contributed by atoms with van der Waals surface area (Å²) in [5.74, 6) is 0. The van der Waals surface area contributed by atoms with Crippen molar-refractivity contribution >= 4 is 21.4 Å². The van der Waals surface area contributed by atoms with E-state index in [2.05, 4.69) is 5.32 Å². The molecule has 2 N–H and O–H groups in total. The van der Waals surface area contributed by atoms with E-state index in [9.17, 15) is 21.6 Å². The van der Waals surface area contributed by atoms with Gasteiger partial charge >= 0.3 is 6.18 Å². The Morgan fingerprint density at radius 3 is 2.48 bits per heavy atom. The molecule has 0 atom stereocenters. The van der Waals surface area contributed by atoms with Crippen LogP contribution in [0.4, 0.5) is 13.2 Å². The molecular formula is C12H17F3N2O2S2. The third kappa shape index (κ3) is 3.41. The number of halogens is 3. The van der Waals surface area contributed by atoms with Gasteiger partial charge in [-0.05, 0) is 32.4 Å². The molecule has 0 radical (unpaired) electrons. The highest BCUT2D eigenvalue weighted by atomic mass is 32.2. The smallest absolute Gasteiger partial charge is 0.312 e. The van der Waals surface area contributed by atoms with Gasteiger partial charge in [0.25, 0.3) is 0 Å². The van der Waals surface area contributed by atoms with Gasteiger partial charge in [-0.1, -0.05) is 6.92 Å². The second-order valence-electron chi connectivity index (χ2n) is 5.10. The molecule has 0 unspecified atom stereocenters. The van der Waals surface area contributed by atoms with Crippen LogP contribution in [0.25, 0.3) is 0 Å². The van der Waals surface area contributed by atoms with Crippen LogP contribution in [-0.2, 0) is 16.6 Å². The minimum absolute atomic E-state index is 0.0593. The minimum Gasteiger partial charge on any atom is -0.312 e. The van der Waals surface area contributed by atoms with Crippen LogP contribution < -0.4 is 10.0 Å². The van der Waals surface area contributed by atoms with Crippen molar-refractivity contribution in [2.45, 2.75) is 49.8 Å². The van der Waals surface area contributed by atoms with Gasteiger partial charge in [-0.2, -0.15) is 17.9 Å². The predicted molar refractivity (Wildman–Crippen MR) is 74.8 cm³/mol. The van der Waals surface area contributed by atoms with E-state index in [1.165, 1.54) is 17.4 Å². The van der Waals surface area contributed by atoms with Gasteiger partial charge < -0.3 is 5.32 Å². The van der Waals surface area contributed by atoms with Crippen LogP contribution in [0.5, 0.6) is 0 Å². The Morgan fingerprint density at radius 2 is 2.00 bits per heavy atom. The molecule has 9 heteroatoms. The number of aryl methyl sites for hydroxylation is 1. The number of hydrogen-bond acceptors (Lipinski definition) is 4. The zero-order valence-corrected chi connectivity index (χ0v) is 13.3. The minimum atomic E-state index is -4.56. The molecule has 0 bridgehead atoms. The van der Waals surface area contributed by atoms with E-state index in [-0.39, 0.29) is 17.7 Å². The van der Waals surface area contributed by atoms with E-state index in [0.717, 1.165) is 11.4 Å². The van der Waals surface area contributed by atoms with Gasteiger partial charge in [-0.3, -0.25) is 0 Å². The van der Waals surface area contributed by atoms with Crippen molar-refractivity contribution in [2.75, 3.05) is 6.54 Å². The third-order valence-electron chi connectivity index (χ3n) is 3.38. The van der Waals surface area contributed by atoms with E-state index in [4.69, 9.17) is 0 Å². The molecule has 0 amide bonds. The maximum absolute atomic E-state index is 12.9. The van der Waals surface area contributed by atoms with Gasteiger partial charge in [0.15, 0.2) is 0 Å². The van der Waals surface area contributed by atoms with Gasteiger partial charge in [-0.25, -0.2) is 8.42 Å². The molecule has 0 aliphatic heterocycles. The molecule has 1 aliphatic carbocycles. The fraction of sp³-hybridized carbons (Fsp3) is 0.667. The topological polar surface area (TPSA) is 58.2 Å². The van der Waals surface area contributed by atoms with Crippen molar-refractivity contribution < 1.29 is 21.6 Å². The van der Waals surface area contributed by atoms with Gasteiger partial charge in [-0.15, -0.1) is 11.3 Å². The largest absolute Gasteiger partial charge is 0.407 e. The zero-order chi connectivity index (χ0) is 15.9. The molecule has 1 aromatic heterocycles. The summed E-state index contributed by atoms with van der Waals surface area (Å²) in [7, 11) is -4.16. The van der Waals surface area contributed by atoms with Crippen LogP contribution in [0.15, 0.2) is 11.0 Å². The molecule has 0 aromatic carbocycles. The van der Waals surface area contributed by atoms with Crippen LogP contribution in [0, 0.1) is 6.92 Å². The molecule has 1 fully saturated rings. The highest BCUT2D eigenvalue weighted by Crippen LogP contribution is 2.50. The van der Waals surface area contributed by atoms with Crippen LogP contribution in [0.3, 0.4) is 0 Å². The summed E-state index contributed by atoms with van der Waals surface area (Å²) in [6, 6.07) is 1.44. The van der Waals surface area contributed by atoms with Crippen molar-refractivity contribution in [3.05, 3.63) is 15.8 Å². The SMILES string of the molecule is CCNCc1cc(S(=O)(=O)NC2(C(F)(F)F)CC2)c(C)s1. The first-order valence-electron chi connectivity index (χ1n) is 6.52. The third-order valence-corrected chi connectivity index (χ3v) is 6.23. The van der Waals surface area contributed by atoms with Crippen molar-refractivity contribution in [1.82, 2.24) is 10.0 Å². The lowest BCUT2D eigenvalue weighted by atomic mass is 10.3. The molecule has 1 aromatic rings. The zero-order valence-electron chi connectivity index (χ0n) is 11.7. The van der Waals surface area contributed by atoms with E-state index in [1.54, 1.807) is 6.92 Å². The molecule has 1 saturated carbocycles. The van der Waals surface area contributed by atoms with Gasteiger partial charge in [0, 0.05) is 16.3 Å². The highest BCUT2D eigenvalue weighted by molar-refractivity contribution is 7.89. The van der Waals surface area contributed by atoms with E-state index in [0.29, 0.717) is 11.4 Å². The summed E-state index contributed by atoms with van der Waals surface area (Å²) < 4.78 is 64.9. The van der Waals surface area contributed by atoms with E-state index >= 15 is 0 Å². The van der Waals surface area contributed by atoms with E-state index in [1.807, 2.05) is 11.6 Å². The summed E-state index contributed by atoms with van der Waals surface area (Å²) in [5, 5.41) is 3.06. The summed E-state index contributed by atoms with van der Waals surface area (Å²) >= 11 is 1.27. The molecule has 2 rings (SSSR count). The normalized spacial score (nSPS) is 18.0. The quantitative estimate of drug-likeness (QED) is 0.835. The molecule has 4 nitrogen and oxygen atoms in total. The summed E-state index contributed by atoms with van der Waals surface area (Å²) in [6.45, 7) is 4.75. The van der Waals surface area contributed by atoms with Crippen molar-refractivity contribution in [3.8, 4) is 0 Å². The average Bonchev–Trinajstić information content (AvgIpc) is 3.02. The number of sulfonamides is 1. The van der Waals surface area contributed by atoms with Crippen molar-refractivity contribution in [2.24, 2.45) is 0 Å². The Bertz CT molecular complexity index is 619. The standard InChI is InChI=1S/C12H17F3N2O2S2/c1-3-16-7-9-6-10(8(2)20-9)21(18,19)17-11(4-5-11)12(13,14)15/h6,16-17H,3-5,7H2,1-2H3. The maximum Gasteiger partial charge on any atom is 0.407 e. The van der Waals surface area contributed by atoms with Crippen molar-refractivity contribution in [3.63, 3.8) is 0 Å². The Labute approximate surface area is 125 Å². The summed E-state index contributed by atoms with van der Waals surface area (Å²) in [6.07, 6.45) is -4.97. The fourth-order valence-corrected chi connectivity index (χ4v) is 5.06. The number of alkyl halides is 3. The second-order valence-corrected chi connectivity index (χ2v) is 8.09. The first-order chi connectivity index (χ1) is 9.61. The predicted octanol–water partition coefficient (Wildman–Crippen LogP) is 2.54. The first-order valence-corrected chi connectivity index (χ1v) is 8.82. The maximum atomic E-state index is 12.9. The number of thiophene rings is 1. The Balaban J connectivity index is 2.23. The lowest BCUT2D eigenvalue weighted by molar-refractivity contribution is -0.160. The van der Waals surface area contributed by atoms with Gasteiger partial charge in [0.1, 0.15) is 5.54 Å². The molecule has 0 saturated heterocycles. The van der Waals surface area contributed by atoms with Crippen LogP contribution >= 0.6 is 11.3 Å². The Hall–Kier alpha value is -0.640. The second kappa shape index (κ2) is 5.53. The summed E-state index contributed by atoms with van der Waals surface area (Å²) in [4.78, 5) is 1.22. The molecule has 21 heavy (non-hydrogen) atoms. The summed E-state index contributed by atoms with van der Waals surface area (Å²) in [5.41, 5.74) is -2.28. The number of hydrogen-bond donors (Lipinski definition) is 2.